The van der Waals surface area contributed by atoms with Gasteiger partial charge in [0.05, 0.1) is 0 Å². The van der Waals surface area contributed by atoms with E-state index in [1.165, 1.54) is 0 Å². The Morgan fingerprint density at radius 1 is 1.26 bits per heavy atom. The topological polar surface area (TPSA) is 61.4 Å². The van der Waals surface area contributed by atoms with Crippen molar-refractivity contribution in [3.8, 4) is 0 Å². The number of anilines is 1. The van der Waals surface area contributed by atoms with Gasteiger partial charge in [-0.2, -0.15) is 0 Å². The summed E-state index contributed by atoms with van der Waals surface area (Å²) >= 11 is 3.42. The summed E-state index contributed by atoms with van der Waals surface area (Å²) in [6.45, 7) is 7.10. The average Bonchev–Trinajstić information content (AvgIpc) is 2.49. The first kappa shape index (κ1) is 17.8. The number of carbonyl (C=O) groups is 2. The SMILES string of the molecule is Cc1cc(Br)ccc1NC(=O)C1CCN(C(=O)NC(C)C)CC1. The molecule has 126 valence electrons. The van der Waals surface area contributed by atoms with Crippen molar-refractivity contribution in [3.05, 3.63) is 28.2 Å². The highest BCUT2D eigenvalue weighted by Gasteiger charge is 2.27. The Morgan fingerprint density at radius 3 is 2.48 bits per heavy atom. The summed E-state index contributed by atoms with van der Waals surface area (Å²) in [6.07, 6.45) is 1.40. The maximum absolute atomic E-state index is 12.4. The number of halogens is 1. The highest BCUT2D eigenvalue weighted by Crippen LogP contribution is 2.23. The number of hydrogen-bond donors (Lipinski definition) is 2. The van der Waals surface area contributed by atoms with Crippen LogP contribution in [0.1, 0.15) is 32.3 Å². The number of amides is 3. The summed E-state index contributed by atoms with van der Waals surface area (Å²) in [5, 5.41) is 5.90. The molecule has 0 saturated carbocycles. The number of rotatable bonds is 3. The summed E-state index contributed by atoms with van der Waals surface area (Å²) in [7, 11) is 0. The Kier molecular flexibility index (Phi) is 6.04. The Morgan fingerprint density at radius 2 is 1.91 bits per heavy atom. The van der Waals surface area contributed by atoms with E-state index in [0.717, 1.165) is 15.7 Å². The average molecular weight is 382 g/mol. The van der Waals surface area contributed by atoms with E-state index in [1.54, 1.807) is 4.90 Å². The van der Waals surface area contributed by atoms with Crippen molar-refractivity contribution in [1.29, 1.82) is 0 Å². The Labute approximate surface area is 145 Å². The molecule has 1 aromatic carbocycles. The number of nitrogens with zero attached hydrogens (tertiary/aromatic N) is 1. The minimum Gasteiger partial charge on any atom is -0.336 e. The summed E-state index contributed by atoms with van der Waals surface area (Å²) in [4.78, 5) is 26.2. The van der Waals surface area contributed by atoms with Crippen LogP contribution in [-0.4, -0.2) is 36.0 Å². The monoisotopic (exact) mass is 381 g/mol. The lowest BCUT2D eigenvalue weighted by atomic mass is 9.96. The first-order valence-electron chi connectivity index (χ1n) is 7.99. The second-order valence-corrected chi connectivity index (χ2v) is 7.23. The lowest BCUT2D eigenvalue weighted by Crippen LogP contribution is -2.47. The molecule has 2 N–H and O–H groups in total. The van der Waals surface area contributed by atoms with E-state index in [9.17, 15) is 9.59 Å². The smallest absolute Gasteiger partial charge is 0.317 e. The van der Waals surface area contributed by atoms with Crippen LogP contribution in [-0.2, 0) is 4.79 Å². The second-order valence-electron chi connectivity index (χ2n) is 6.31. The molecule has 5 nitrogen and oxygen atoms in total. The molecule has 0 unspecified atom stereocenters. The van der Waals surface area contributed by atoms with Crippen molar-refractivity contribution in [2.24, 2.45) is 5.92 Å². The van der Waals surface area contributed by atoms with Crippen LogP contribution in [0.4, 0.5) is 10.5 Å². The first-order chi connectivity index (χ1) is 10.9. The van der Waals surface area contributed by atoms with Gasteiger partial charge in [-0.3, -0.25) is 4.79 Å². The molecule has 3 amide bonds. The largest absolute Gasteiger partial charge is 0.336 e. The molecule has 0 spiro atoms. The highest BCUT2D eigenvalue weighted by atomic mass is 79.9. The first-order valence-corrected chi connectivity index (χ1v) is 8.78. The van der Waals surface area contributed by atoms with Crippen LogP contribution in [0, 0.1) is 12.8 Å². The Balaban J connectivity index is 1.87. The van der Waals surface area contributed by atoms with Gasteiger partial charge in [-0.05, 0) is 57.4 Å². The molecule has 6 heteroatoms. The van der Waals surface area contributed by atoms with Gasteiger partial charge in [-0.25, -0.2) is 4.79 Å². The van der Waals surface area contributed by atoms with Crippen molar-refractivity contribution < 1.29 is 9.59 Å². The zero-order valence-corrected chi connectivity index (χ0v) is 15.4. The molecule has 0 atom stereocenters. The lowest BCUT2D eigenvalue weighted by Gasteiger charge is -2.32. The van der Waals surface area contributed by atoms with E-state index >= 15 is 0 Å². The number of hydrogen-bond acceptors (Lipinski definition) is 2. The molecule has 1 saturated heterocycles. The van der Waals surface area contributed by atoms with Crippen LogP contribution in [0.25, 0.3) is 0 Å². The summed E-state index contributed by atoms with van der Waals surface area (Å²) in [6, 6.07) is 5.89. The fourth-order valence-corrected chi connectivity index (χ4v) is 3.16. The van der Waals surface area contributed by atoms with Gasteiger partial charge in [-0.15, -0.1) is 0 Å². The van der Waals surface area contributed by atoms with Gasteiger partial charge in [-0.1, -0.05) is 15.9 Å². The van der Waals surface area contributed by atoms with Crippen molar-refractivity contribution in [2.45, 2.75) is 39.7 Å². The molecule has 2 rings (SSSR count). The molecule has 1 fully saturated rings. The molecule has 0 bridgehead atoms. The van der Waals surface area contributed by atoms with Gasteiger partial charge < -0.3 is 15.5 Å². The number of aryl methyl sites for hydroxylation is 1. The summed E-state index contributed by atoms with van der Waals surface area (Å²) < 4.78 is 0.998. The normalized spacial score (nSPS) is 15.6. The molecule has 1 aromatic rings. The Hall–Kier alpha value is -1.56. The number of nitrogens with one attached hydrogen (secondary N) is 2. The predicted molar refractivity (Wildman–Crippen MR) is 95.5 cm³/mol. The number of benzene rings is 1. The van der Waals surface area contributed by atoms with Gasteiger partial charge in [0.2, 0.25) is 5.91 Å². The minimum absolute atomic E-state index is 0.0392. The molecule has 0 aliphatic carbocycles. The number of urea groups is 1. The predicted octanol–water partition coefficient (Wildman–Crippen LogP) is 3.53. The zero-order valence-electron chi connectivity index (χ0n) is 13.9. The van der Waals surface area contributed by atoms with Gasteiger partial charge in [0.25, 0.3) is 0 Å². The lowest BCUT2D eigenvalue weighted by molar-refractivity contribution is -0.121. The quantitative estimate of drug-likeness (QED) is 0.840. The molecule has 0 aromatic heterocycles. The van der Waals surface area contributed by atoms with E-state index in [4.69, 9.17) is 0 Å². The minimum atomic E-state index is -0.0406. The third-order valence-electron chi connectivity index (χ3n) is 4.01. The van der Waals surface area contributed by atoms with Crippen LogP contribution in [0.2, 0.25) is 0 Å². The number of carbonyl (C=O) groups excluding carboxylic acids is 2. The molecule has 1 heterocycles. The third-order valence-corrected chi connectivity index (χ3v) is 4.50. The maximum atomic E-state index is 12.4. The number of piperidine rings is 1. The zero-order chi connectivity index (χ0) is 17.0. The van der Waals surface area contributed by atoms with Gasteiger partial charge in [0, 0.05) is 35.2 Å². The van der Waals surface area contributed by atoms with Crippen molar-refractivity contribution >= 4 is 33.6 Å². The van der Waals surface area contributed by atoms with Crippen LogP contribution < -0.4 is 10.6 Å². The molecule has 0 radical (unpaired) electrons. The van der Waals surface area contributed by atoms with E-state index in [0.29, 0.717) is 25.9 Å². The summed E-state index contributed by atoms with van der Waals surface area (Å²) in [5.41, 5.74) is 1.87. The van der Waals surface area contributed by atoms with E-state index in [2.05, 4.69) is 26.6 Å². The second kappa shape index (κ2) is 7.81. The summed E-state index contributed by atoms with van der Waals surface area (Å²) in [5.74, 6) is 0.000451. The molecule has 23 heavy (non-hydrogen) atoms. The maximum Gasteiger partial charge on any atom is 0.317 e. The highest BCUT2D eigenvalue weighted by molar-refractivity contribution is 9.10. The van der Waals surface area contributed by atoms with Gasteiger partial charge >= 0.3 is 6.03 Å². The van der Waals surface area contributed by atoms with E-state index < -0.39 is 0 Å². The van der Waals surface area contributed by atoms with Gasteiger partial charge in [0.15, 0.2) is 0 Å². The molecular weight excluding hydrogens is 358 g/mol. The van der Waals surface area contributed by atoms with Crippen molar-refractivity contribution in [1.82, 2.24) is 10.2 Å². The Bertz CT molecular complexity index is 581. The molecular formula is C17H24BrN3O2. The van der Waals surface area contributed by atoms with Gasteiger partial charge in [0.1, 0.15) is 0 Å². The van der Waals surface area contributed by atoms with E-state index in [-0.39, 0.29) is 23.9 Å². The fraction of sp³-hybridized carbons (Fsp3) is 0.529. The van der Waals surface area contributed by atoms with Crippen LogP contribution in [0.5, 0.6) is 0 Å². The van der Waals surface area contributed by atoms with Crippen LogP contribution in [0.15, 0.2) is 22.7 Å². The van der Waals surface area contributed by atoms with Crippen LogP contribution in [0.3, 0.4) is 0 Å². The van der Waals surface area contributed by atoms with Crippen molar-refractivity contribution in [2.75, 3.05) is 18.4 Å². The fourth-order valence-electron chi connectivity index (χ4n) is 2.69. The third kappa shape index (κ3) is 4.96. The molecule has 1 aliphatic heterocycles. The standard InChI is InChI=1S/C17H24BrN3O2/c1-11(2)19-17(23)21-8-6-13(7-9-21)16(22)20-15-5-4-14(18)10-12(15)3/h4-5,10-11,13H,6-9H2,1-3H3,(H,19,23)(H,20,22). The van der Waals surface area contributed by atoms with Crippen molar-refractivity contribution in [3.63, 3.8) is 0 Å². The van der Waals surface area contributed by atoms with E-state index in [1.807, 2.05) is 39.0 Å². The number of likely N-dealkylation sites (tertiary alicyclic amines) is 1. The molecule has 1 aliphatic rings. The van der Waals surface area contributed by atoms with Crippen LogP contribution >= 0.6 is 15.9 Å².